The van der Waals surface area contributed by atoms with Crippen molar-refractivity contribution in [1.82, 2.24) is 24.5 Å². The van der Waals surface area contributed by atoms with Gasteiger partial charge in [-0.15, -0.1) is 0 Å². The predicted molar refractivity (Wildman–Crippen MR) is 120 cm³/mol. The first-order valence-corrected chi connectivity index (χ1v) is 10.7. The van der Waals surface area contributed by atoms with E-state index in [4.69, 9.17) is 14.2 Å². The molecule has 0 atom stereocenters. The molecule has 0 radical (unpaired) electrons. The van der Waals surface area contributed by atoms with Crippen LogP contribution in [0.2, 0.25) is 0 Å². The van der Waals surface area contributed by atoms with Crippen LogP contribution >= 0.6 is 0 Å². The molecule has 0 bridgehead atoms. The molecule has 35 heavy (non-hydrogen) atoms. The lowest BCUT2D eigenvalue weighted by atomic mass is 10.2. The summed E-state index contributed by atoms with van der Waals surface area (Å²) in [6, 6.07) is 12.9. The molecular weight excluding hydrogens is 462 g/mol. The van der Waals surface area contributed by atoms with Crippen LogP contribution in [0.3, 0.4) is 0 Å². The van der Waals surface area contributed by atoms with Gasteiger partial charge in [0.1, 0.15) is 11.3 Å². The summed E-state index contributed by atoms with van der Waals surface area (Å²) in [5.74, 6) is -0.831. The van der Waals surface area contributed by atoms with Crippen LogP contribution in [0.5, 0.6) is 11.8 Å². The van der Waals surface area contributed by atoms with E-state index in [9.17, 15) is 13.6 Å². The average molecular weight is 482 g/mol. The van der Waals surface area contributed by atoms with Gasteiger partial charge in [-0.25, -0.2) is 18.6 Å². The number of esters is 1. The van der Waals surface area contributed by atoms with Crippen LogP contribution in [0, 0.1) is 0 Å². The van der Waals surface area contributed by atoms with Crippen LogP contribution in [0.4, 0.5) is 14.7 Å². The number of para-hydroxylation sites is 3. The number of anilines is 1. The van der Waals surface area contributed by atoms with Crippen molar-refractivity contribution in [2.45, 2.75) is 6.43 Å². The van der Waals surface area contributed by atoms with Gasteiger partial charge in [-0.3, -0.25) is 4.57 Å². The summed E-state index contributed by atoms with van der Waals surface area (Å²) in [6.07, 6.45) is -2.88. The summed E-state index contributed by atoms with van der Waals surface area (Å²) in [6.45, 7) is 1.90. The van der Waals surface area contributed by atoms with Crippen molar-refractivity contribution in [3.05, 3.63) is 59.9 Å². The van der Waals surface area contributed by atoms with Crippen LogP contribution in [0.1, 0.15) is 22.6 Å². The highest BCUT2D eigenvalue weighted by Crippen LogP contribution is 2.30. The van der Waals surface area contributed by atoms with Gasteiger partial charge in [0.15, 0.2) is 5.82 Å². The molecule has 1 aliphatic heterocycles. The van der Waals surface area contributed by atoms with Crippen LogP contribution < -0.4 is 9.64 Å². The molecule has 10 nitrogen and oxygen atoms in total. The minimum Gasteiger partial charge on any atom is -0.465 e. The van der Waals surface area contributed by atoms with Crippen LogP contribution in [0.25, 0.3) is 17.0 Å². The van der Waals surface area contributed by atoms with Gasteiger partial charge in [0.25, 0.3) is 6.43 Å². The Balaban J connectivity index is 1.66. The zero-order valence-electron chi connectivity index (χ0n) is 18.6. The third-order valence-corrected chi connectivity index (χ3v) is 5.36. The normalized spacial score (nSPS) is 13.9. The van der Waals surface area contributed by atoms with Crippen molar-refractivity contribution in [2.75, 3.05) is 38.3 Å². The second-order valence-corrected chi connectivity index (χ2v) is 7.50. The molecule has 5 rings (SSSR count). The third kappa shape index (κ3) is 4.47. The number of hydrogen-bond donors (Lipinski definition) is 0. The van der Waals surface area contributed by atoms with E-state index in [0.29, 0.717) is 37.3 Å². The number of ether oxygens (including phenoxy) is 3. The van der Waals surface area contributed by atoms with Crippen molar-refractivity contribution in [3.8, 4) is 17.7 Å². The molecule has 4 aromatic rings. The number of alkyl halides is 2. The van der Waals surface area contributed by atoms with E-state index < -0.39 is 18.2 Å². The van der Waals surface area contributed by atoms with E-state index in [2.05, 4.69) is 19.9 Å². The first kappa shape index (κ1) is 22.6. The largest absolute Gasteiger partial charge is 0.465 e. The number of aromatic nitrogens is 5. The highest BCUT2D eigenvalue weighted by molar-refractivity contribution is 5.92. The molecule has 0 aliphatic carbocycles. The van der Waals surface area contributed by atoms with E-state index >= 15 is 0 Å². The van der Waals surface area contributed by atoms with Crippen LogP contribution in [0.15, 0.2) is 48.5 Å². The molecule has 1 aliphatic rings. The Morgan fingerprint density at radius 2 is 1.69 bits per heavy atom. The molecule has 0 saturated carbocycles. The Morgan fingerprint density at radius 1 is 0.971 bits per heavy atom. The number of methoxy groups -OCH3 is 1. The number of imidazole rings is 1. The first-order valence-electron chi connectivity index (χ1n) is 10.7. The fourth-order valence-corrected chi connectivity index (χ4v) is 3.72. The SMILES string of the molecule is COC(=O)c1ccccc1Oc1nc(N2CCOCC2)nc(-n2c(C(F)F)nc3ccccc32)n1. The number of fused-ring (bicyclic) bond motifs is 1. The Kier molecular flexibility index (Phi) is 6.19. The topological polar surface area (TPSA) is 104 Å². The molecule has 1 fully saturated rings. The van der Waals surface area contributed by atoms with Gasteiger partial charge in [0.05, 0.1) is 31.4 Å². The lowest BCUT2D eigenvalue weighted by Gasteiger charge is -2.27. The number of rotatable bonds is 6. The van der Waals surface area contributed by atoms with Gasteiger partial charge in [-0.1, -0.05) is 24.3 Å². The lowest BCUT2D eigenvalue weighted by molar-refractivity contribution is 0.0597. The van der Waals surface area contributed by atoms with Gasteiger partial charge in [-0.05, 0) is 24.3 Å². The second-order valence-electron chi connectivity index (χ2n) is 7.50. The second kappa shape index (κ2) is 9.58. The summed E-state index contributed by atoms with van der Waals surface area (Å²) in [5, 5.41) is 0. The molecule has 3 heterocycles. The summed E-state index contributed by atoms with van der Waals surface area (Å²) in [7, 11) is 1.26. The summed E-state index contributed by atoms with van der Waals surface area (Å²) >= 11 is 0. The Labute approximate surface area is 198 Å². The monoisotopic (exact) mass is 482 g/mol. The fraction of sp³-hybridized carbons (Fsp3) is 0.261. The van der Waals surface area contributed by atoms with Crippen molar-refractivity contribution in [1.29, 1.82) is 0 Å². The summed E-state index contributed by atoms with van der Waals surface area (Å²) < 4.78 is 45.2. The molecule has 0 N–H and O–H groups in total. The number of carbonyl (C=O) groups excluding carboxylic acids is 1. The van der Waals surface area contributed by atoms with Crippen molar-refractivity contribution in [2.24, 2.45) is 0 Å². The van der Waals surface area contributed by atoms with Crippen LogP contribution in [-0.4, -0.2) is 63.9 Å². The van der Waals surface area contributed by atoms with Crippen LogP contribution in [-0.2, 0) is 9.47 Å². The molecule has 180 valence electrons. The molecule has 12 heteroatoms. The van der Waals surface area contributed by atoms with Crippen molar-refractivity contribution >= 4 is 23.0 Å². The molecular formula is C23H20F2N6O4. The maximum Gasteiger partial charge on any atom is 0.341 e. The number of benzene rings is 2. The first-order chi connectivity index (χ1) is 17.0. The maximum atomic E-state index is 14.0. The number of hydrogen-bond acceptors (Lipinski definition) is 9. The number of nitrogens with zero attached hydrogens (tertiary/aromatic N) is 6. The Morgan fingerprint density at radius 3 is 2.46 bits per heavy atom. The van der Waals surface area contributed by atoms with Gasteiger partial charge < -0.3 is 19.1 Å². The smallest absolute Gasteiger partial charge is 0.341 e. The fourth-order valence-electron chi connectivity index (χ4n) is 3.72. The molecule has 0 amide bonds. The highest BCUT2D eigenvalue weighted by atomic mass is 19.3. The molecule has 2 aromatic carbocycles. The summed E-state index contributed by atoms with van der Waals surface area (Å²) in [5.41, 5.74) is 0.934. The highest BCUT2D eigenvalue weighted by Gasteiger charge is 2.25. The maximum absolute atomic E-state index is 14.0. The van der Waals surface area contributed by atoms with Gasteiger partial charge in [0.2, 0.25) is 11.9 Å². The van der Waals surface area contributed by atoms with E-state index in [1.54, 1.807) is 42.5 Å². The number of halogens is 2. The standard InChI is InChI=1S/C23H20F2N6O4/c1-33-20(32)14-6-2-5-9-17(14)35-23-28-21(30-10-12-34-13-11-30)27-22(29-23)31-16-8-4-3-7-15(16)26-19(31)18(24)25/h2-9,18H,10-13H2,1H3. The minimum absolute atomic E-state index is 0.0870. The third-order valence-electron chi connectivity index (χ3n) is 5.36. The Bertz CT molecular complexity index is 1370. The van der Waals surface area contributed by atoms with E-state index in [-0.39, 0.29) is 29.2 Å². The van der Waals surface area contributed by atoms with Gasteiger partial charge >= 0.3 is 12.0 Å². The number of carbonyl (C=O) groups is 1. The lowest BCUT2D eigenvalue weighted by Crippen LogP contribution is -2.37. The average Bonchev–Trinajstić information content (AvgIpc) is 3.29. The van der Waals surface area contributed by atoms with Gasteiger partial charge in [-0.2, -0.15) is 15.0 Å². The van der Waals surface area contributed by atoms with Crippen molar-refractivity contribution in [3.63, 3.8) is 0 Å². The predicted octanol–water partition coefficient (Wildman–Crippen LogP) is 3.56. The van der Waals surface area contributed by atoms with Gasteiger partial charge in [0, 0.05) is 13.1 Å². The van der Waals surface area contributed by atoms with Crippen molar-refractivity contribution < 1.29 is 27.8 Å². The van der Waals surface area contributed by atoms with E-state index in [1.807, 2.05) is 4.90 Å². The summed E-state index contributed by atoms with van der Waals surface area (Å²) in [4.78, 5) is 31.3. The minimum atomic E-state index is -2.88. The molecule has 0 unspecified atom stereocenters. The van der Waals surface area contributed by atoms with E-state index in [1.165, 1.54) is 17.7 Å². The quantitative estimate of drug-likeness (QED) is 0.382. The molecule has 1 saturated heterocycles. The molecule has 2 aromatic heterocycles. The molecule has 0 spiro atoms. The number of morpholine rings is 1. The Hall–Kier alpha value is -4.19. The van der Waals surface area contributed by atoms with E-state index in [0.717, 1.165) is 0 Å². The zero-order valence-corrected chi connectivity index (χ0v) is 18.6. The zero-order chi connectivity index (χ0) is 24.4.